The fraction of sp³-hybridized carbons (Fsp3) is 0.0625. The molecule has 2 rings (SSSR count). The second kappa shape index (κ2) is 6.47. The largest absolute Gasteiger partial charge is 0.478 e. The van der Waals surface area contributed by atoms with Crippen LogP contribution in [-0.2, 0) is 4.79 Å². The Morgan fingerprint density at radius 2 is 1.90 bits per heavy atom. The van der Waals surface area contributed by atoms with Gasteiger partial charge in [-0.05, 0) is 48.4 Å². The van der Waals surface area contributed by atoms with Crippen LogP contribution in [0.15, 0.2) is 48.8 Å². The molecule has 0 unspecified atom stereocenters. The number of amides is 1. The quantitative estimate of drug-likeness (QED) is 0.845. The molecule has 0 atom stereocenters. The fourth-order valence-electron chi connectivity index (χ4n) is 1.80. The van der Waals surface area contributed by atoms with Crippen LogP contribution < -0.4 is 5.32 Å². The summed E-state index contributed by atoms with van der Waals surface area (Å²) >= 11 is 0. The molecule has 2 N–H and O–H groups in total. The number of rotatable bonds is 4. The average molecular weight is 282 g/mol. The number of pyridine rings is 1. The molecule has 0 fully saturated rings. The number of anilines is 1. The molecule has 0 aliphatic carbocycles. The number of carboxylic acids is 1. The Labute approximate surface area is 122 Å². The summed E-state index contributed by atoms with van der Waals surface area (Å²) in [5, 5.41) is 11.4. The van der Waals surface area contributed by atoms with Gasteiger partial charge >= 0.3 is 5.97 Å². The Bertz CT molecular complexity index is 694. The molecule has 0 saturated heterocycles. The number of aliphatic carboxylic acids is 1. The number of hydrogen-bond donors (Lipinski definition) is 2. The lowest BCUT2D eigenvalue weighted by atomic mass is 10.1. The highest BCUT2D eigenvalue weighted by Crippen LogP contribution is 2.18. The molecular formula is C16H14N2O3. The molecule has 1 aromatic carbocycles. The predicted octanol–water partition coefficient (Wildman–Crippen LogP) is 2.74. The van der Waals surface area contributed by atoms with Crippen LogP contribution in [0, 0.1) is 6.92 Å². The monoisotopic (exact) mass is 282 g/mol. The molecule has 2 aromatic rings. The molecule has 0 radical (unpaired) electrons. The summed E-state index contributed by atoms with van der Waals surface area (Å²) < 4.78 is 0. The Balaban J connectivity index is 2.15. The zero-order chi connectivity index (χ0) is 15.2. The summed E-state index contributed by atoms with van der Waals surface area (Å²) in [6.45, 7) is 1.85. The number of aromatic nitrogens is 1. The molecule has 21 heavy (non-hydrogen) atoms. The van der Waals surface area contributed by atoms with E-state index in [0.29, 0.717) is 11.3 Å². The number of nitrogens with zero attached hydrogens (tertiary/aromatic N) is 1. The van der Waals surface area contributed by atoms with Gasteiger partial charge < -0.3 is 10.4 Å². The Morgan fingerprint density at radius 3 is 2.52 bits per heavy atom. The van der Waals surface area contributed by atoms with Gasteiger partial charge in [0.05, 0.1) is 0 Å². The number of aryl methyl sites for hydroxylation is 1. The van der Waals surface area contributed by atoms with E-state index in [-0.39, 0.29) is 5.91 Å². The van der Waals surface area contributed by atoms with Crippen molar-refractivity contribution in [1.29, 1.82) is 0 Å². The van der Waals surface area contributed by atoms with E-state index >= 15 is 0 Å². The zero-order valence-electron chi connectivity index (χ0n) is 11.4. The molecule has 0 spiro atoms. The SMILES string of the molecule is Cc1cc(C=CC(=O)O)ccc1NC(=O)c1ccncc1. The van der Waals surface area contributed by atoms with Crippen LogP contribution in [0.1, 0.15) is 21.5 Å². The highest BCUT2D eigenvalue weighted by Gasteiger charge is 2.07. The van der Waals surface area contributed by atoms with E-state index in [1.165, 1.54) is 6.08 Å². The van der Waals surface area contributed by atoms with Crippen molar-refractivity contribution < 1.29 is 14.7 Å². The van der Waals surface area contributed by atoms with Gasteiger partial charge in [0.2, 0.25) is 0 Å². The highest BCUT2D eigenvalue weighted by molar-refractivity contribution is 6.04. The first kappa shape index (κ1) is 14.5. The smallest absolute Gasteiger partial charge is 0.328 e. The second-order valence-corrected chi connectivity index (χ2v) is 4.44. The van der Waals surface area contributed by atoms with Crippen LogP contribution in [0.25, 0.3) is 6.08 Å². The van der Waals surface area contributed by atoms with E-state index in [4.69, 9.17) is 5.11 Å². The maximum absolute atomic E-state index is 12.0. The van der Waals surface area contributed by atoms with E-state index in [1.807, 2.05) is 13.0 Å². The van der Waals surface area contributed by atoms with Crippen LogP contribution in [0.3, 0.4) is 0 Å². The maximum atomic E-state index is 12.0. The van der Waals surface area contributed by atoms with Crippen molar-refractivity contribution in [2.24, 2.45) is 0 Å². The molecule has 1 aromatic heterocycles. The third-order valence-corrected chi connectivity index (χ3v) is 2.86. The number of nitrogens with one attached hydrogen (secondary N) is 1. The van der Waals surface area contributed by atoms with E-state index in [2.05, 4.69) is 10.3 Å². The van der Waals surface area contributed by atoms with Crippen LogP contribution in [-0.4, -0.2) is 22.0 Å². The first-order chi connectivity index (χ1) is 10.1. The van der Waals surface area contributed by atoms with Gasteiger partial charge in [0, 0.05) is 29.7 Å². The van der Waals surface area contributed by atoms with Gasteiger partial charge in [0.25, 0.3) is 5.91 Å². The number of benzene rings is 1. The second-order valence-electron chi connectivity index (χ2n) is 4.44. The topological polar surface area (TPSA) is 79.3 Å². The lowest BCUT2D eigenvalue weighted by molar-refractivity contribution is -0.131. The van der Waals surface area contributed by atoms with Crippen molar-refractivity contribution in [2.75, 3.05) is 5.32 Å². The van der Waals surface area contributed by atoms with Gasteiger partial charge in [-0.2, -0.15) is 0 Å². The Hall–Kier alpha value is -2.95. The van der Waals surface area contributed by atoms with Crippen LogP contribution >= 0.6 is 0 Å². The Kier molecular flexibility index (Phi) is 4.46. The minimum absolute atomic E-state index is 0.214. The summed E-state index contributed by atoms with van der Waals surface area (Å²) in [6, 6.07) is 8.56. The van der Waals surface area contributed by atoms with E-state index in [9.17, 15) is 9.59 Å². The van der Waals surface area contributed by atoms with Crippen molar-refractivity contribution in [1.82, 2.24) is 4.98 Å². The third kappa shape index (κ3) is 4.01. The zero-order valence-corrected chi connectivity index (χ0v) is 11.4. The van der Waals surface area contributed by atoms with Gasteiger partial charge in [0.15, 0.2) is 0 Å². The normalized spacial score (nSPS) is 10.5. The van der Waals surface area contributed by atoms with Crippen LogP contribution in [0.2, 0.25) is 0 Å². The summed E-state index contributed by atoms with van der Waals surface area (Å²) in [4.78, 5) is 26.4. The lowest BCUT2D eigenvalue weighted by Crippen LogP contribution is -2.12. The van der Waals surface area contributed by atoms with Gasteiger partial charge in [-0.3, -0.25) is 9.78 Å². The number of carboxylic acid groups (broad SMARTS) is 1. The third-order valence-electron chi connectivity index (χ3n) is 2.86. The summed E-state index contributed by atoms with van der Waals surface area (Å²) in [5.74, 6) is -1.21. The molecule has 0 bridgehead atoms. The van der Waals surface area contributed by atoms with Gasteiger partial charge in [-0.1, -0.05) is 6.07 Å². The molecule has 1 amide bonds. The minimum Gasteiger partial charge on any atom is -0.478 e. The van der Waals surface area contributed by atoms with Crippen molar-refractivity contribution >= 4 is 23.6 Å². The molecule has 106 valence electrons. The lowest BCUT2D eigenvalue weighted by Gasteiger charge is -2.09. The van der Waals surface area contributed by atoms with Gasteiger partial charge in [-0.25, -0.2) is 4.79 Å². The van der Waals surface area contributed by atoms with E-state index < -0.39 is 5.97 Å². The number of hydrogen-bond acceptors (Lipinski definition) is 3. The predicted molar refractivity (Wildman–Crippen MR) is 80.0 cm³/mol. The van der Waals surface area contributed by atoms with Crippen LogP contribution in [0.4, 0.5) is 5.69 Å². The molecule has 5 nitrogen and oxygen atoms in total. The maximum Gasteiger partial charge on any atom is 0.328 e. The van der Waals surface area contributed by atoms with Crippen molar-refractivity contribution in [3.8, 4) is 0 Å². The van der Waals surface area contributed by atoms with Gasteiger partial charge in [-0.15, -0.1) is 0 Å². The standard InChI is InChI=1S/C16H14N2O3/c1-11-10-12(3-5-15(19)20)2-4-14(11)18-16(21)13-6-8-17-9-7-13/h2-10H,1H3,(H,18,21)(H,19,20). The molecule has 0 aliphatic heterocycles. The average Bonchev–Trinajstić information content (AvgIpc) is 2.48. The fourth-order valence-corrected chi connectivity index (χ4v) is 1.80. The molecule has 1 heterocycles. The first-order valence-corrected chi connectivity index (χ1v) is 6.29. The summed E-state index contributed by atoms with van der Waals surface area (Å²) in [6.07, 6.45) is 5.69. The summed E-state index contributed by atoms with van der Waals surface area (Å²) in [5.41, 5.74) is 2.82. The summed E-state index contributed by atoms with van der Waals surface area (Å²) in [7, 11) is 0. The first-order valence-electron chi connectivity index (χ1n) is 6.29. The Morgan fingerprint density at radius 1 is 1.19 bits per heavy atom. The number of carbonyl (C=O) groups is 2. The number of carbonyl (C=O) groups excluding carboxylic acids is 1. The molecule has 5 heteroatoms. The van der Waals surface area contributed by atoms with E-state index in [0.717, 1.165) is 17.2 Å². The van der Waals surface area contributed by atoms with Crippen molar-refractivity contribution in [3.05, 3.63) is 65.5 Å². The molecule has 0 aliphatic rings. The highest BCUT2D eigenvalue weighted by atomic mass is 16.4. The van der Waals surface area contributed by atoms with Crippen LogP contribution in [0.5, 0.6) is 0 Å². The molecular weight excluding hydrogens is 268 g/mol. The van der Waals surface area contributed by atoms with Crippen molar-refractivity contribution in [2.45, 2.75) is 6.92 Å². The van der Waals surface area contributed by atoms with Gasteiger partial charge in [0.1, 0.15) is 0 Å². The minimum atomic E-state index is -0.997. The van der Waals surface area contributed by atoms with E-state index in [1.54, 1.807) is 36.7 Å². The van der Waals surface area contributed by atoms with Crippen molar-refractivity contribution in [3.63, 3.8) is 0 Å². The molecule has 0 saturated carbocycles.